The van der Waals surface area contributed by atoms with Crippen LogP contribution in [0.3, 0.4) is 0 Å². The zero-order valence-electron chi connectivity index (χ0n) is 10.5. The highest BCUT2D eigenvalue weighted by molar-refractivity contribution is 5.79. The zero-order valence-corrected chi connectivity index (χ0v) is 10.5. The third kappa shape index (κ3) is 2.82. The molecule has 0 spiro atoms. The first-order valence-electron chi connectivity index (χ1n) is 6.10. The van der Waals surface area contributed by atoms with Crippen LogP contribution in [-0.4, -0.2) is 64.0 Å². The lowest BCUT2D eigenvalue weighted by molar-refractivity contribution is -0.277. The van der Waals surface area contributed by atoms with Gasteiger partial charge in [-0.25, -0.2) is 0 Å². The smallest absolute Gasteiger partial charge is 0.229 e. The first kappa shape index (κ1) is 14.9. The summed E-state index contributed by atoms with van der Waals surface area (Å²) in [7, 11) is 0. The van der Waals surface area contributed by atoms with Crippen LogP contribution in [0.2, 0.25) is 0 Å². The van der Waals surface area contributed by atoms with Gasteiger partial charge in [0, 0.05) is 0 Å². The fourth-order valence-electron chi connectivity index (χ4n) is 1.98. The van der Waals surface area contributed by atoms with Crippen LogP contribution in [-0.2, 0) is 4.74 Å². The maximum absolute atomic E-state index is 10.9. The maximum atomic E-state index is 10.9. The molecule has 3 unspecified atom stereocenters. The van der Waals surface area contributed by atoms with Crippen molar-refractivity contribution < 1.29 is 34.7 Å². The predicted molar refractivity (Wildman–Crippen MR) is 66.2 cm³/mol. The van der Waals surface area contributed by atoms with Gasteiger partial charge in [-0.3, -0.25) is 4.79 Å². The Morgan fingerprint density at radius 1 is 1.15 bits per heavy atom. The van der Waals surface area contributed by atoms with Crippen LogP contribution >= 0.6 is 0 Å². The van der Waals surface area contributed by atoms with Gasteiger partial charge >= 0.3 is 0 Å². The molecule has 5 atom stereocenters. The van der Waals surface area contributed by atoms with Crippen LogP contribution < -0.4 is 4.74 Å². The number of para-hydroxylation sites is 1. The van der Waals surface area contributed by atoms with Crippen LogP contribution in [0.5, 0.6) is 5.75 Å². The summed E-state index contributed by atoms with van der Waals surface area (Å²) in [6, 6.07) is 6.30. The predicted octanol–water partition coefficient (Wildman–Crippen LogP) is -1.32. The molecule has 0 aliphatic carbocycles. The molecule has 1 saturated heterocycles. The molecular formula is C13H16O7. The third-order valence-corrected chi connectivity index (χ3v) is 3.14. The number of ether oxygens (including phenoxy) is 2. The standard InChI is InChI=1S/C13H16O7/c14-5-7-3-1-2-4-8(7)19-13-12(18)11(17)10(16)9(6-15)20-13/h1-5,9-13,15-18H,6H2/t9?,10-,11?,12?,13-/m1/s1. The Morgan fingerprint density at radius 2 is 1.85 bits per heavy atom. The second-order valence-corrected chi connectivity index (χ2v) is 4.47. The summed E-state index contributed by atoms with van der Waals surface area (Å²) >= 11 is 0. The molecule has 110 valence electrons. The van der Waals surface area contributed by atoms with Crippen molar-refractivity contribution >= 4 is 6.29 Å². The van der Waals surface area contributed by atoms with E-state index in [-0.39, 0.29) is 11.3 Å². The minimum Gasteiger partial charge on any atom is -0.461 e. The van der Waals surface area contributed by atoms with E-state index in [0.29, 0.717) is 6.29 Å². The first-order valence-corrected chi connectivity index (χ1v) is 6.10. The SMILES string of the molecule is O=Cc1ccccc1O[C@@H]1OC(CO)[C@@H](O)C(O)C1O. The van der Waals surface area contributed by atoms with E-state index in [1.807, 2.05) is 0 Å². The highest BCUT2D eigenvalue weighted by Crippen LogP contribution is 2.25. The Balaban J connectivity index is 2.17. The molecular weight excluding hydrogens is 268 g/mol. The van der Waals surface area contributed by atoms with E-state index < -0.39 is 37.3 Å². The van der Waals surface area contributed by atoms with Crippen molar-refractivity contribution in [3.05, 3.63) is 29.8 Å². The number of aliphatic hydroxyl groups excluding tert-OH is 4. The van der Waals surface area contributed by atoms with E-state index in [1.165, 1.54) is 12.1 Å². The van der Waals surface area contributed by atoms with Crippen LogP contribution in [0.15, 0.2) is 24.3 Å². The highest BCUT2D eigenvalue weighted by atomic mass is 16.7. The molecule has 1 aliphatic heterocycles. The Labute approximate surface area is 115 Å². The summed E-state index contributed by atoms with van der Waals surface area (Å²) < 4.78 is 10.5. The lowest BCUT2D eigenvalue weighted by Gasteiger charge is -2.39. The Hall–Kier alpha value is -1.51. The monoisotopic (exact) mass is 284 g/mol. The van der Waals surface area contributed by atoms with Gasteiger partial charge in [-0.15, -0.1) is 0 Å². The molecule has 1 aromatic carbocycles. The number of aliphatic hydroxyl groups is 4. The van der Waals surface area contributed by atoms with Crippen molar-refractivity contribution in [3.63, 3.8) is 0 Å². The van der Waals surface area contributed by atoms with Gasteiger partial charge in [-0.05, 0) is 12.1 Å². The van der Waals surface area contributed by atoms with Crippen LogP contribution in [0.4, 0.5) is 0 Å². The fraction of sp³-hybridized carbons (Fsp3) is 0.462. The van der Waals surface area contributed by atoms with E-state index in [1.54, 1.807) is 12.1 Å². The summed E-state index contributed by atoms with van der Waals surface area (Å²) in [6.45, 7) is -0.542. The molecule has 0 radical (unpaired) electrons. The quantitative estimate of drug-likeness (QED) is 0.507. The maximum Gasteiger partial charge on any atom is 0.229 e. The number of aldehydes is 1. The Morgan fingerprint density at radius 3 is 2.50 bits per heavy atom. The van der Waals surface area contributed by atoms with Crippen molar-refractivity contribution in [2.24, 2.45) is 0 Å². The molecule has 1 fully saturated rings. The minimum atomic E-state index is -1.52. The van der Waals surface area contributed by atoms with Crippen molar-refractivity contribution in [1.29, 1.82) is 0 Å². The van der Waals surface area contributed by atoms with Crippen molar-refractivity contribution in [2.45, 2.75) is 30.7 Å². The topological polar surface area (TPSA) is 116 Å². The Kier molecular flexibility index (Phi) is 4.69. The van der Waals surface area contributed by atoms with Crippen molar-refractivity contribution in [1.82, 2.24) is 0 Å². The molecule has 0 aromatic heterocycles. The average Bonchev–Trinajstić information content (AvgIpc) is 2.48. The van der Waals surface area contributed by atoms with E-state index in [4.69, 9.17) is 14.6 Å². The second kappa shape index (κ2) is 6.29. The van der Waals surface area contributed by atoms with Gasteiger partial charge in [0.2, 0.25) is 6.29 Å². The molecule has 20 heavy (non-hydrogen) atoms. The number of benzene rings is 1. The summed E-state index contributed by atoms with van der Waals surface area (Å²) in [6.07, 6.45) is -6.24. The zero-order chi connectivity index (χ0) is 14.7. The molecule has 7 nitrogen and oxygen atoms in total. The molecule has 1 aromatic rings. The van der Waals surface area contributed by atoms with Gasteiger partial charge in [0.05, 0.1) is 12.2 Å². The van der Waals surface area contributed by atoms with Gasteiger partial charge < -0.3 is 29.9 Å². The number of carbonyl (C=O) groups excluding carboxylic acids is 1. The minimum absolute atomic E-state index is 0.173. The lowest BCUT2D eigenvalue weighted by atomic mass is 9.99. The number of carbonyl (C=O) groups is 1. The van der Waals surface area contributed by atoms with Gasteiger partial charge in [-0.1, -0.05) is 12.1 Å². The molecule has 0 bridgehead atoms. The highest BCUT2D eigenvalue weighted by Gasteiger charge is 2.44. The summed E-state index contributed by atoms with van der Waals surface area (Å²) in [5.41, 5.74) is 0.254. The molecule has 4 N–H and O–H groups in total. The van der Waals surface area contributed by atoms with Crippen LogP contribution in [0, 0.1) is 0 Å². The average molecular weight is 284 g/mol. The van der Waals surface area contributed by atoms with Crippen LogP contribution in [0.25, 0.3) is 0 Å². The van der Waals surface area contributed by atoms with Gasteiger partial charge in [0.1, 0.15) is 30.2 Å². The van der Waals surface area contributed by atoms with E-state index >= 15 is 0 Å². The number of hydrogen-bond donors (Lipinski definition) is 4. The van der Waals surface area contributed by atoms with Gasteiger partial charge in [-0.2, -0.15) is 0 Å². The molecule has 1 heterocycles. The fourth-order valence-corrected chi connectivity index (χ4v) is 1.98. The Bertz CT molecular complexity index is 462. The lowest BCUT2D eigenvalue weighted by Crippen LogP contribution is -2.60. The second-order valence-electron chi connectivity index (χ2n) is 4.47. The van der Waals surface area contributed by atoms with Gasteiger partial charge in [0.15, 0.2) is 6.29 Å². The first-order chi connectivity index (χ1) is 9.58. The number of rotatable bonds is 4. The van der Waals surface area contributed by atoms with E-state index in [9.17, 15) is 20.1 Å². The van der Waals surface area contributed by atoms with E-state index in [2.05, 4.69) is 0 Å². The van der Waals surface area contributed by atoms with Crippen molar-refractivity contribution in [3.8, 4) is 5.75 Å². The van der Waals surface area contributed by atoms with E-state index in [0.717, 1.165) is 0 Å². The van der Waals surface area contributed by atoms with Crippen molar-refractivity contribution in [2.75, 3.05) is 6.61 Å². The number of hydrogen-bond acceptors (Lipinski definition) is 7. The molecule has 0 saturated carbocycles. The summed E-state index contributed by atoms with van der Waals surface area (Å²) in [4.78, 5) is 10.9. The molecule has 0 amide bonds. The van der Waals surface area contributed by atoms with Gasteiger partial charge in [0.25, 0.3) is 0 Å². The molecule has 2 rings (SSSR count). The summed E-state index contributed by atoms with van der Waals surface area (Å²) in [5, 5.41) is 38.1. The normalized spacial score (nSPS) is 33.7. The molecule has 7 heteroatoms. The van der Waals surface area contributed by atoms with Crippen LogP contribution in [0.1, 0.15) is 10.4 Å². The summed E-state index contributed by atoms with van der Waals surface area (Å²) in [5.74, 6) is 0.173. The third-order valence-electron chi connectivity index (χ3n) is 3.14. The largest absolute Gasteiger partial charge is 0.461 e. The molecule has 1 aliphatic rings.